The van der Waals surface area contributed by atoms with E-state index in [0.29, 0.717) is 11.3 Å². The van der Waals surface area contributed by atoms with E-state index in [2.05, 4.69) is 11.6 Å². The summed E-state index contributed by atoms with van der Waals surface area (Å²) in [5, 5.41) is 0. The van der Waals surface area contributed by atoms with E-state index in [1.807, 2.05) is 4.90 Å². The van der Waals surface area contributed by atoms with E-state index in [4.69, 9.17) is 0 Å². The minimum Gasteiger partial charge on any atom is -0.336 e. The average molecular weight is 358 g/mol. The van der Waals surface area contributed by atoms with E-state index in [-0.39, 0.29) is 16.8 Å². The summed E-state index contributed by atoms with van der Waals surface area (Å²) in [6.07, 6.45) is 3.22. The van der Waals surface area contributed by atoms with Gasteiger partial charge in [0.15, 0.2) is 0 Å². The van der Waals surface area contributed by atoms with Gasteiger partial charge in [-0.15, -0.1) is 0 Å². The maximum absolute atomic E-state index is 12.6. The molecule has 132 valence electrons. The maximum atomic E-state index is 12.6. The first-order valence-electron chi connectivity index (χ1n) is 8.46. The van der Waals surface area contributed by atoms with Crippen LogP contribution in [-0.2, 0) is 10.0 Å². The van der Waals surface area contributed by atoms with Gasteiger partial charge >= 0.3 is 0 Å². The summed E-state index contributed by atoms with van der Waals surface area (Å²) in [5.74, 6) is 0.00432. The van der Waals surface area contributed by atoms with Gasteiger partial charge in [0.25, 0.3) is 15.9 Å². The van der Waals surface area contributed by atoms with E-state index in [0.717, 1.165) is 25.8 Å². The third-order valence-corrected chi connectivity index (χ3v) is 5.90. The summed E-state index contributed by atoms with van der Waals surface area (Å²) in [7, 11) is -3.62. The van der Waals surface area contributed by atoms with Crippen LogP contribution in [0.4, 0.5) is 5.69 Å². The molecule has 2 aromatic rings. The third-order valence-electron chi connectivity index (χ3n) is 4.50. The van der Waals surface area contributed by atoms with Crippen LogP contribution < -0.4 is 4.72 Å². The molecule has 0 radical (unpaired) electrons. The lowest BCUT2D eigenvalue weighted by Crippen LogP contribution is -2.42. The normalized spacial score (nSPS) is 18.0. The molecule has 1 fully saturated rings. The molecule has 1 amide bonds. The van der Waals surface area contributed by atoms with Crippen LogP contribution in [0.3, 0.4) is 0 Å². The van der Waals surface area contributed by atoms with E-state index in [9.17, 15) is 13.2 Å². The first-order chi connectivity index (χ1) is 12.0. The number of hydrogen-bond acceptors (Lipinski definition) is 3. The van der Waals surface area contributed by atoms with Crippen LogP contribution in [0.15, 0.2) is 59.5 Å². The molecule has 1 atom stereocenters. The molecule has 0 saturated carbocycles. The van der Waals surface area contributed by atoms with Gasteiger partial charge in [0.1, 0.15) is 0 Å². The van der Waals surface area contributed by atoms with Crippen molar-refractivity contribution in [3.8, 4) is 0 Å². The molecule has 1 aliphatic rings. The van der Waals surface area contributed by atoms with Gasteiger partial charge in [-0.1, -0.05) is 18.2 Å². The smallest absolute Gasteiger partial charge is 0.261 e. The Balaban J connectivity index is 1.73. The van der Waals surface area contributed by atoms with Crippen LogP contribution in [-0.4, -0.2) is 31.8 Å². The number of nitrogens with zero attached hydrogens (tertiary/aromatic N) is 1. The Morgan fingerprint density at radius 2 is 1.72 bits per heavy atom. The number of nitrogens with one attached hydrogen (secondary N) is 1. The molecule has 1 saturated heterocycles. The predicted molar refractivity (Wildman–Crippen MR) is 98.0 cm³/mol. The zero-order valence-electron chi connectivity index (χ0n) is 14.2. The van der Waals surface area contributed by atoms with E-state index in [1.54, 1.807) is 42.5 Å². The Morgan fingerprint density at radius 1 is 1.04 bits per heavy atom. The molecule has 1 heterocycles. The number of rotatable bonds is 4. The van der Waals surface area contributed by atoms with Crippen LogP contribution in [0.1, 0.15) is 36.5 Å². The molecule has 1 N–H and O–H groups in total. The standard InChI is InChI=1S/C19H22N2O3S/c1-15-7-5-6-14-21(15)19(22)16-10-12-17(13-11-16)20-25(23,24)18-8-3-2-4-9-18/h2-4,8-13,15,20H,5-7,14H2,1H3. The Labute approximate surface area is 148 Å². The Hall–Kier alpha value is -2.34. The van der Waals surface area contributed by atoms with Gasteiger partial charge < -0.3 is 4.90 Å². The van der Waals surface area contributed by atoms with Gasteiger partial charge in [0.2, 0.25) is 0 Å². The topological polar surface area (TPSA) is 66.5 Å². The molecule has 5 nitrogen and oxygen atoms in total. The minimum absolute atomic E-state index is 0.00432. The molecular weight excluding hydrogens is 336 g/mol. The van der Waals surface area contributed by atoms with Crippen molar-refractivity contribution in [1.29, 1.82) is 0 Å². The second-order valence-corrected chi connectivity index (χ2v) is 8.02. The summed E-state index contributed by atoms with van der Waals surface area (Å²) < 4.78 is 27.2. The SMILES string of the molecule is CC1CCCCN1C(=O)c1ccc(NS(=O)(=O)c2ccccc2)cc1. The molecular formula is C19H22N2O3S. The fourth-order valence-corrected chi connectivity index (χ4v) is 4.14. The van der Waals surface area contributed by atoms with Crippen LogP contribution in [0.25, 0.3) is 0 Å². The second kappa shape index (κ2) is 7.27. The number of carbonyl (C=O) groups is 1. The van der Waals surface area contributed by atoms with E-state index in [1.165, 1.54) is 12.1 Å². The van der Waals surface area contributed by atoms with Crippen molar-refractivity contribution < 1.29 is 13.2 Å². The minimum atomic E-state index is -3.62. The van der Waals surface area contributed by atoms with Crippen LogP contribution >= 0.6 is 0 Å². The molecule has 0 bridgehead atoms. The Kier molecular flexibility index (Phi) is 5.08. The van der Waals surface area contributed by atoms with E-state index >= 15 is 0 Å². The zero-order valence-corrected chi connectivity index (χ0v) is 15.0. The van der Waals surface area contributed by atoms with Crippen LogP contribution in [0.2, 0.25) is 0 Å². The van der Waals surface area contributed by atoms with Crippen molar-refractivity contribution >= 4 is 21.6 Å². The number of carbonyl (C=O) groups excluding carboxylic acids is 1. The van der Waals surface area contributed by atoms with E-state index < -0.39 is 10.0 Å². The third kappa shape index (κ3) is 4.02. The number of benzene rings is 2. The number of amides is 1. The number of hydrogen-bond donors (Lipinski definition) is 1. The summed E-state index contributed by atoms with van der Waals surface area (Å²) >= 11 is 0. The lowest BCUT2D eigenvalue weighted by molar-refractivity contribution is 0.0635. The first kappa shape index (κ1) is 17.5. The number of likely N-dealkylation sites (tertiary alicyclic amines) is 1. The maximum Gasteiger partial charge on any atom is 0.261 e. The molecule has 1 aliphatic heterocycles. The van der Waals surface area contributed by atoms with Gasteiger partial charge in [-0.2, -0.15) is 0 Å². The van der Waals surface area contributed by atoms with Gasteiger partial charge in [0.05, 0.1) is 4.90 Å². The van der Waals surface area contributed by atoms with Crippen molar-refractivity contribution in [2.75, 3.05) is 11.3 Å². The molecule has 0 aromatic heterocycles. The van der Waals surface area contributed by atoms with Crippen molar-refractivity contribution in [3.63, 3.8) is 0 Å². The van der Waals surface area contributed by atoms with Crippen molar-refractivity contribution in [1.82, 2.24) is 4.90 Å². The summed E-state index contributed by atoms with van der Waals surface area (Å²) in [5.41, 5.74) is 1.02. The molecule has 2 aromatic carbocycles. The molecule has 6 heteroatoms. The number of sulfonamides is 1. The van der Waals surface area contributed by atoms with Crippen molar-refractivity contribution in [3.05, 3.63) is 60.2 Å². The Morgan fingerprint density at radius 3 is 2.36 bits per heavy atom. The summed E-state index contributed by atoms with van der Waals surface area (Å²) in [6, 6.07) is 15.0. The molecule has 3 rings (SSSR count). The highest BCUT2D eigenvalue weighted by Crippen LogP contribution is 2.21. The monoisotopic (exact) mass is 358 g/mol. The van der Waals surface area contributed by atoms with Gasteiger partial charge in [-0.25, -0.2) is 8.42 Å². The molecule has 0 aliphatic carbocycles. The number of piperidine rings is 1. The quantitative estimate of drug-likeness (QED) is 0.910. The first-order valence-corrected chi connectivity index (χ1v) is 9.94. The zero-order chi connectivity index (χ0) is 17.9. The van der Waals surface area contributed by atoms with Crippen LogP contribution in [0.5, 0.6) is 0 Å². The van der Waals surface area contributed by atoms with Gasteiger partial charge in [-0.3, -0.25) is 9.52 Å². The van der Waals surface area contributed by atoms with Gasteiger partial charge in [0, 0.05) is 23.8 Å². The van der Waals surface area contributed by atoms with Crippen molar-refractivity contribution in [2.45, 2.75) is 37.1 Å². The molecule has 1 unspecified atom stereocenters. The highest BCUT2D eigenvalue weighted by Gasteiger charge is 2.24. The lowest BCUT2D eigenvalue weighted by Gasteiger charge is -2.33. The molecule has 25 heavy (non-hydrogen) atoms. The molecule has 0 spiro atoms. The lowest BCUT2D eigenvalue weighted by atomic mass is 10.0. The Bertz CT molecular complexity index is 833. The van der Waals surface area contributed by atoms with Gasteiger partial charge in [-0.05, 0) is 62.6 Å². The van der Waals surface area contributed by atoms with Crippen molar-refractivity contribution in [2.24, 2.45) is 0 Å². The number of anilines is 1. The highest BCUT2D eigenvalue weighted by atomic mass is 32.2. The average Bonchev–Trinajstić information content (AvgIpc) is 2.63. The fourth-order valence-electron chi connectivity index (χ4n) is 3.06. The largest absolute Gasteiger partial charge is 0.336 e. The summed E-state index contributed by atoms with van der Waals surface area (Å²) in [4.78, 5) is 14.7. The highest BCUT2D eigenvalue weighted by molar-refractivity contribution is 7.92. The fraction of sp³-hybridized carbons (Fsp3) is 0.316. The predicted octanol–water partition coefficient (Wildman–Crippen LogP) is 3.50. The van der Waals surface area contributed by atoms with Crippen LogP contribution in [0, 0.1) is 0 Å². The second-order valence-electron chi connectivity index (χ2n) is 6.34. The summed E-state index contributed by atoms with van der Waals surface area (Å²) in [6.45, 7) is 2.85.